The molecule has 1 atom stereocenters. The van der Waals surface area contributed by atoms with Gasteiger partial charge in [-0.15, -0.1) is 0 Å². The number of benzene rings is 2. The molecule has 2 aromatic carbocycles. The van der Waals surface area contributed by atoms with Crippen molar-refractivity contribution in [2.45, 2.75) is 19.4 Å². The largest absolute Gasteiger partial charge is 0.460 e. The highest BCUT2D eigenvalue weighted by Gasteiger charge is 2.25. The third kappa shape index (κ3) is 3.42. The van der Waals surface area contributed by atoms with Crippen LogP contribution in [0.5, 0.6) is 5.75 Å². The Bertz CT molecular complexity index is 1270. The van der Waals surface area contributed by atoms with Crippen LogP contribution in [0.4, 0.5) is 4.39 Å². The molecule has 0 saturated heterocycles. The minimum Gasteiger partial charge on any atom is -0.460 e. The molecular formula is C21H14ClFN2O3S. The number of ether oxygens (including phenoxy) is 2. The Kier molecular flexibility index (Phi) is 4.58. The Morgan fingerprint density at radius 1 is 1.28 bits per heavy atom. The minimum absolute atomic E-state index is 0.116. The highest BCUT2D eigenvalue weighted by molar-refractivity contribution is 7.07. The second-order valence-electron chi connectivity index (χ2n) is 6.71. The molecule has 0 amide bonds. The van der Waals surface area contributed by atoms with Crippen LogP contribution in [0.3, 0.4) is 0 Å². The van der Waals surface area contributed by atoms with Crippen LogP contribution in [0.15, 0.2) is 58.3 Å². The van der Waals surface area contributed by atoms with Crippen LogP contribution in [0.2, 0.25) is 5.02 Å². The summed E-state index contributed by atoms with van der Waals surface area (Å²) >= 11 is 7.57. The van der Waals surface area contributed by atoms with Gasteiger partial charge in [-0.05, 0) is 41.8 Å². The van der Waals surface area contributed by atoms with Crippen molar-refractivity contribution in [3.05, 3.63) is 91.4 Å². The average molecular weight is 429 g/mol. The van der Waals surface area contributed by atoms with Crippen LogP contribution >= 0.6 is 22.9 Å². The molecule has 5 rings (SSSR count). The second-order valence-corrected chi connectivity index (χ2v) is 7.93. The zero-order valence-electron chi connectivity index (χ0n) is 15.0. The Labute approximate surface area is 173 Å². The summed E-state index contributed by atoms with van der Waals surface area (Å²) in [5, 5.41) is 4.75. The standard InChI is InChI=1S/C21H14ClFN2O3S/c22-15-1-2-18-17(7-15)20(26)25(11-24-18)8-13-5-16(23)6-14-9-27-21(28-19(13)14)12-3-4-29-10-12/h1-7,10-11,21H,8-9H2/t21-/m1/s1. The summed E-state index contributed by atoms with van der Waals surface area (Å²) in [5.41, 5.74) is 2.36. The van der Waals surface area contributed by atoms with Gasteiger partial charge in [0.15, 0.2) is 0 Å². The summed E-state index contributed by atoms with van der Waals surface area (Å²) in [4.78, 5) is 17.2. The van der Waals surface area contributed by atoms with Crippen LogP contribution in [0.25, 0.3) is 10.9 Å². The van der Waals surface area contributed by atoms with E-state index in [1.165, 1.54) is 23.0 Å². The van der Waals surface area contributed by atoms with Gasteiger partial charge in [0.2, 0.25) is 6.29 Å². The first-order valence-electron chi connectivity index (χ1n) is 8.85. The number of hydrogen-bond donors (Lipinski definition) is 0. The number of halogens is 2. The fourth-order valence-corrected chi connectivity index (χ4v) is 4.23. The minimum atomic E-state index is -0.566. The third-order valence-corrected chi connectivity index (χ3v) is 5.70. The molecule has 0 bridgehead atoms. The van der Waals surface area contributed by atoms with E-state index in [-0.39, 0.29) is 18.7 Å². The third-order valence-electron chi connectivity index (χ3n) is 4.76. The monoisotopic (exact) mass is 428 g/mol. The normalized spacial score (nSPS) is 15.9. The summed E-state index contributed by atoms with van der Waals surface area (Å²) in [6.45, 7) is 0.339. The highest BCUT2D eigenvalue weighted by Crippen LogP contribution is 2.37. The van der Waals surface area contributed by atoms with Gasteiger partial charge in [0.05, 0.1) is 30.4 Å². The van der Waals surface area contributed by atoms with E-state index >= 15 is 0 Å². The number of thiophene rings is 1. The van der Waals surface area contributed by atoms with Gasteiger partial charge in [0, 0.05) is 27.1 Å². The lowest BCUT2D eigenvalue weighted by molar-refractivity contribution is -0.111. The van der Waals surface area contributed by atoms with Crippen LogP contribution in [-0.2, 0) is 17.9 Å². The molecule has 0 N–H and O–H groups in total. The predicted molar refractivity (Wildman–Crippen MR) is 109 cm³/mol. The topological polar surface area (TPSA) is 53.4 Å². The Balaban J connectivity index is 1.56. The van der Waals surface area contributed by atoms with E-state index in [1.54, 1.807) is 29.5 Å². The van der Waals surface area contributed by atoms with E-state index in [0.717, 1.165) is 5.56 Å². The molecule has 0 fully saturated rings. The van der Waals surface area contributed by atoms with Crippen molar-refractivity contribution < 1.29 is 13.9 Å². The summed E-state index contributed by atoms with van der Waals surface area (Å²) in [5.74, 6) is 0.122. The van der Waals surface area contributed by atoms with Crippen molar-refractivity contribution in [2.75, 3.05) is 0 Å². The molecule has 0 saturated carbocycles. The second kappa shape index (κ2) is 7.26. The van der Waals surface area contributed by atoms with Gasteiger partial charge < -0.3 is 9.47 Å². The molecule has 8 heteroatoms. The fraction of sp³-hybridized carbons (Fsp3) is 0.143. The van der Waals surface area contributed by atoms with Crippen molar-refractivity contribution in [3.63, 3.8) is 0 Å². The van der Waals surface area contributed by atoms with Gasteiger partial charge in [-0.3, -0.25) is 9.36 Å². The van der Waals surface area contributed by atoms with Gasteiger partial charge in [0.25, 0.3) is 5.56 Å². The molecule has 146 valence electrons. The number of rotatable bonds is 3. The Hall–Kier alpha value is -2.74. The molecule has 0 unspecified atom stereocenters. The van der Waals surface area contributed by atoms with Gasteiger partial charge in [-0.2, -0.15) is 11.3 Å². The zero-order chi connectivity index (χ0) is 20.0. The van der Waals surface area contributed by atoms with E-state index < -0.39 is 12.1 Å². The Morgan fingerprint density at radius 2 is 2.17 bits per heavy atom. The first-order chi connectivity index (χ1) is 14.1. The lowest BCUT2D eigenvalue weighted by Gasteiger charge is -2.28. The van der Waals surface area contributed by atoms with Crippen LogP contribution < -0.4 is 10.3 Å². The predicted octanol–water partition coefficient (Wildman–Crippen LogP) is 4.91. The first-order valence-corrected chi connectivity index (χ1v) is 10.2. The lowest BCUT2D eigenvalue weighted by Crippen LogP contribution is -2.23. The molecule has 0 radical (unpaired) electrons. The molecule has 1 aliphatic heterocycles. The fourth-order valence-electron chi connectivity index (χ4n) is 3.40. The molecular weight excluding hydrogens is 415 g/mol. The Morgan fingerprint density at radius 3 is 3.00 bits per heavy atom. The zero-order valence-corrected chi connectivity index (χ0v) is 16.5. The molecule has 4 aromatic rings. The summed E-state index contributed by atoms with van der Waals surface area (Å²) in [7, 11) is 0. The highest BCUT2D eigenvalue weighted by atomic mass is 35.5. The van der Waals surface area contributed by atoms with Gasteiger partial charge in [-0.1, -0.05) is 11.6 Å². The van der Waals surface area contributed by atoms with Crippen molar-refractivity contribution in [2.24, 2.45) is 0 Å². The lowest BCUT2D eigenvalue weighted by atomic mass is 10.1. The van der Waals surface area contributed by atoms with E-state index in [0.29, 0.717) is 32.8 Å². The number of hydrogen-bond acceptors (Lipinski definition) is 5. The molecule has 0 spiro atoms. The maximum Gasteiger partial charge on any atom is 0.261 e. The maximum absolute atomic E-state index is 14.2. The van der Waals surface area contributed by atoms with Crippen molar-refractivity contribution in [1.29, 1.82) is 0 Å². The summed E-state index contributed by atoms with van der Waals surface area (Å²) < 4.78 is 27.4. The molecule has 5 nitrogen and oxygen atoms in total. The van der Waals surface area contributed by atoms with Crippen molar-refractivity contribution in [3.8, 4) is 5.75 Å². The van der Waals surface area contributed by atoms with E-state index in [9.17, 15) is 9.18 Å². The van der Waals surface area contributed by atoms with Gasteiger partial charge in [-0.25, -0.2) is 9.37 Å². The average Bonchev–Trinajstić information content (AvgIpc) is 3.25. The van der Waals surface area contributed by atoms with E-state index in [4.69, 9.17) is 21.1 Å². The van der Waals surface area contributed by atoms with Gasteiger partial charge in [0.1, 0.15) is 11.6 Å². The molecule has 3 heterocycles. The summed E-state index contributed by atoms with van der Waals surface area (Å²) in [6.07, 6.45) is 0.883. The van der Waals surface area contributed by atoms with Crippen LogP contribution in [0, 0.1) is 5.82 Å². The molecule has 1 aliphatic rings. The first kappa shape index (κ1) is 18.3. The molecule has 0 aliphatic carbocycles. The van der Waals surface area contributed by atoms with Gasteiger partial charge >= 0.3 is 0 Å². The van der Waals surface area contributed by atoms with Crippen LogP contribution in [-0.4, -0.2) is 9.55 Å². The number of aromatic nitrogens is 2. The van der Waals surface area contributed by atoms with E-state index in [1.807, 2.05) is 16.8 Å². The van der Waals surface area contributed by atoms with Crippen molar-refractivity contribution >= 4 is 33.8 Å². The summed E-state index contributed by atoms with van der Waals surface area (Å²) in [6, 6.07) is 9.65. The smallest absolute Gasteiger partial charge is 0.261 e. The molecule has 29 heavy (non-hydrogen) atoms. The molecule has 2 aromatic heterocycles. The van der Waals surface area contributed by atoms with Crippen LogP contribution in [0.1, 0.15) is 23.0 Å². The SMILES string of the molecule is O=c1c2cc(Cl)ccc2ncn1Cc1cc(F)cc2c1O[C@H](c1ccsc1)OC2. The quantitative estimate of drug-likeness (QED) is 0.465. The van der Waals surface area contributed by atoms with Crippen molar-refractivity contribution in [1.82, 2.24) is 9.55 Å². The van der Waals surface area contributed by atoms with E-state index in [2.05, 4.69) is 4.98 Å². The number of nitrogens with zero attached hydrogens (tertiary/aromatic N) is 2. The number of fused-ring (bicyclic) bond motifs is 2. The maximum atomic E-state index is 14.2.